The van der Waals surface area contributed by atoms with Crippen molar-refractivity contribution in [2.75, 3.05) is 19.0 Å². The summed E-state index contributed by atoms with van der Waals surface area (Å²) in [5.74, 6) is 0.412. The van der Waals surface area contributed by atoms with Gasteiger partial charge in [0.05, 0.1) is 12.8 Å². The molecule has 4 rings (SSSR count). The zero-order chi connectivity index (χ0) is 24.8. The highest BCUT2D eigenvalue weighted by Gasteiger charge is 2.39. The summed E-state index contributed by atoms with van der Waals surface area (Å²) >= 11 is 7.32. The number of methoxy groups -OCH3 is 1. The lowest BCUT2D eigenvalue weighted by molar-refractivity contribution is -0.128. The van der Waals surface area contributed by atoms with Crippen LogP contribution in [0.25, 0.3) is 0 Å². The summed E-state index contributed by atoms with van der Waals surface area (Å²) in [5, 5.41) is 3.61. The molecule has 3 aromatic carbocycles. The molecule has 0 bridgehead atoms. The van der Waals surface area contributed by atoms with E-state index in [-0.39, 0.29) is 18.2 Å². The van der Waals surface area contributed by atoms with Gasteiger partial charge in [0.1, 0.15) is 11.0 Å². The van der Waals surface area contributed by atoms with Gasteiger partial charge >= 0.3 is 0 Å². The molecule has 0 unspecified atom stereocenters. The Bertz CT molecular complexity index is 1230. The second kappa shape index (κ2) is 11.4. The van der Waals surface area contributed by atoms with E-state index in [1.807, 2.05) is 79.7 Å². The van der Waals surface area contributed by atoms with Crippen molar-refractivity contribution < 1.29 is 14.3 Å². The first-order valence-corrected chi connectivity index (χ1v) is 12.5. The van der Waals surface area contributed by atoms with E-state index in [1.165, 1.54) is 11.8 Å². The van der Waals surface area contributed by atoms with Crippen molar-refractivity contribution in [3.05, 3.63) is 88.9 Å². The number of benzene rings is 3. The molecule has 6 nitrogen and oxygen atoms in total. The largest absolute Gasteiger partial charge is 0.497 e. The Labute approximate surface area is 214 Å². The number of amides is 2. The zero-order valence-corrected chi connectivity index (χ0v) is 21.1. The number of carbonyl (C=O) groups is 2. The molecule has 1 aliphatic heterocycles. The van der Waals surface area contributed by atoms with Crippen LogP contribution in [0.1, 0.15) is 17.5 Å². The van der Waals surface area contributed by atoms with Gasteiger partial charge in [0.15, 0.2) is 5.17 Å². The van der Waals surface area contributed by atoms with Gasteiger partial charge in [0, 0.05) is 23.7 Å². The third-order valence-corrected chi connectivity index (χ3v) is 6.95. The van der Waals surface area contributed by atoms with Crippen molar-refractivity contribution >= 4 is 51.7 Å². The Morgan fingerprint density at radius 3 is 2.54 bits per heavy atom. The first-order valence-electron chi connectivity index (χ1n) is 11.2. The van der Waals surface area contributed by atoms with E-state index in [9.17, 15) is 9.59 Å². The van der Waals surface area contributed by atoms with Crippen LogP contribution >= 0.6 is 23.4 Å². The van der Waals surface area contributed by atoms with Crippen molar-refractivity contribution in [3.8, 4) is 5.75 Å². The van der Waals surface area contributed by atoms with Crippen LogP contribution in [-0.4, -0.2) is 40.8 Å². The number of anilines is 1. The number of hydrogen-bond acceptors (Lipinski definition) is 5. The normalized spacial score (nSPS) is 16.5. The predicted octanol–water partition coefficient (Wildman–Crippen LogP) is 5.86. The van der Waals surface area contributed by atoms with Crippen LogP contribution in [0, 0.1) is 6.92 Å². The Hall–Kier alpha value is -3.29. The number of nitrogens with zero attached hydrogens (tertiary/aromatic N) is 2. The molecule has 1 fully saturated rings. The number of rotatable bonds is 8. The Morgan fingerprint density at radius 1 is 1.11 bits per heavy atom. The van der Waals surface area contributed by atoms with Gasteiger partial charge in [-0.3, -0.25) is 14.5 Å². The SMILES string of the molecule is COc1ccc(N=C2S[C@@H](CC(=O)Nc3cccc(C)c3)C(=O)N2CCc2ccc(Cl)cc2)cc1. The van der Waals surface area contributed by atoms with Gasteiger partial charge in [-0.05, 0) is 73.0 Å². The summed E-state index contributed by atoms with van der Waals surface area (Å²) in [6, 6.07) is 22.5. The lowest BCUT2D eigenvalue weighted by atomic mass is 10.1. The summed E-state index contributed by atoms with van der Waals surface area (Å²) in [6.45, 7) is 2.42. The number of thioether (sulfide) groups is 1. The second-order valence-corrected chi connectivity index (χ2v) is 9.79. The minimum atomic E-state index is -0.540. The summed E-state index contributed by atoms with van der Waals surface area (Å²) in [7, 11) is 1.61. The molecular weight excluding hydrogens is 482 g/mol. The van der Waals surface area contributed by atoms with Crippen LogP contribution in [0.3, 0.4) is 0 Å². The molecule has 1 saturated heterocycles. The fourth-order valence-corrected chi connectivity index (χ4v) is 5.00. The van der Waals surface area contributed by atoms with Gasteiger partial charge in [0.2, 0.25) is 11.8 Å². The molecular formula is C27H26ClN3O3S. The third kappa shape index (κ3) is 6.65. The van der Waals surface area contributed by atoms with Crippen molar-refractivity contribution in [1.82, 2.24) is 4.90 Å². The van der Waals surface area contributed by atoms with E-state index < -0.39 is 5.25 Å². The number of carbonyl (C=O) groups excluding carboxylic acids is 2. The zero-order valence-electron chi connectivity index (χ0n) is 19.5. The molecule has 180 valence electrons. The van der Waals surface area contributed by atoms with Crippen molar-refractivity contribution in [1.29, 1.82) is 0 Å². The first kappa shape index (κ1) is 24.8. The first-order chi connectivity index (χ1) is 16.9. The summed E-state index contributed by atoms with van der Waals surface area (Å²) in [6.07, 6.45) is 0.712. The highest BCUT2D eigenvalue weighted by Crippen LogP contribution is 2.32. The molecule has 0 aliphatic carbocycles. The highest BCUT2D eigenvalue weighted by molar-refractivity contribution is 8.15. The molecule has 0 aromatic heterocycles. The molecule has 35 heavy (non-hydrogen) atoms. The maximum absolute atomic E-state index is 13.3. The van der Waals surface area contributed by atoms with Gasteiger partial charge in [-0.2, -0.15) is 0 Å². The molecule has 1 atom stereocenters. The van der Waals surface area contributed by atoms with Gasteiger partial charge in [-0.1, -0.05) is 47.6 Å². The maximum Gasteiger partial charge on any atom is 0.242 e. The molecule has 2 amide bonds. The number of aryl methyl sites for hydroxylation is 1. The maximum atomic E-state index is 13.3. The van der Waals surface area contributed by atoms with Crippen molar-refractivity contribution in [2.24, 2.45) is 4.99 Å². The third-order valence-electron chi connectivity index (χ3n) is 5.53. The molecule has 1 heterocycles. The van der Waals surface area contributed by atoms with Crippen LogP contribution < -0.4 is 10.1 Å². The quantitative estimate of drug-likeness (QED) is 0.414. The molecule has 1 aliphatic rings. The van der Waals surface area contributed by atoms with Crippen LogP contribution in [0.2, 0.25) is 5.02 Å². The molecule has 3 aromatic rings. The fraction of sp³-hybridized carbons (Fsp3) is 0.222. The van der Waals surface area contributed by atoms with E-state index in [0.717, 1.165) is 22.6 Å². The number of amidine groups is 1. The van der Waals surface area contributed by atoms with Gasteiger partial charge in [0.25, 0.3) is 0 Å². The van der Waals surface area contributed by atoms with Crippen LogP contribution in [0.15, 0.2) is 77.8 Å². The molecule has 0 spiro atoms. The van der Waals surface area contributed by atoms with Gasteiger partial charge in [-0.15, -0.1) is 0 Å². The second-order valence-electron chi connectivity index (χ2n) is 8.19. The number of hydrogen-bond donors (Lipinski definition) is 1. The Balaban J connectivity index is 1.50. The van der Waals surface area contributed by atoms with Crippen LogP contribution in [0.4, 0.5) is 11.4 Å². The smallest absolute Gasteiger partial charge is 0.242 e. The highest BCUT2D eigenvalue weighted by atomic mass is 35.5. The minimum absolute atomic E-state index is 0.0660. The van der Waals surface area contributed by atoms with Gasteiger partial charge < -0.3 is 10.1 Å². The number of aliphatic imine (C=N–C) groups is 1. The number of ether oxygens (including phenoxy) is 1. The number of nitrogens with one attached hydrogen (secondary N) is 1. The minimum Gasteiger partial charge on any atom is -0.497 e. The van der Waals surface area contributed by atoms with Crippen molar-refractivity contribution in [2.45, 2.75) is 25.0 Å². The average molecular weight is 508 g/mol. The van der Waals surface area contributed by atoms with Gasteiger partial charge in [-0.25, -0.2) is 4.99 Å². The summed E-state index contributed by atoms with van der Waals surface area (Å²) in [4.78, 5) is 32.4. The standard InChI is InChI=1S/C27H26ClN3O3S/c1-18-4-3-5-22(16-18)29-25(32)17-24-26(33)31(15-14-19-6-8-20(28)9-7-19)27(35-24)30-21-10-12-23(34-2)13-11-21/h3-13,16,24H,14-15,17H2,1-2H3,(H,29,32)/t24-/m0/s1. The lowest BCUT2D eigenvalue weighted by Gasteiger charge is -2.16. The van der Waals surface area contributed by atoms with Crippen LogP contribution in [-0.2, 0) is 16.0 Å². The lowest BCUT2D eigenvalue weighted by Crippen LogP contribution is -2.35. The van der Waals surface area contributed by atoms with Crippen LogP contribution in [0.5, 0.6) is 5.75 Å². The topological polar surface area (TPSA) is 71.0 Å². The number of halogens is 1. The van der Waals surface area contributed by atoms with E-state index in [0.29, 0.717) is 28.8 Å². The molecule has 8 heteroatoms. The molecule has 1 N–H and O–H groups in total. The van der Waals surface area contributed by atoms with E-state index in [4.69, 9.17) is 21.3 Å². The van der Waals surface area contributed by atoms with Crippen molar-refractivity contribution in [3.63, 3.8) is 0 Å². The van der Waals surface area contributed by atoms with E-state index in [1.54, 1.807) is 12.0 Å². The Morgan fingerprint density at radius 2 is 1.86 bits per heavy atom. The monoisotopic (exact) mass is 507 g/mol. The summed E-state index contributed by atoms with van der Waals surface area (Å²) in [5.41, 5.74) is 3.55. The van der Waals surface area contributed by atoms with E-state index in [2.05, 4.69) is 5.32 Å². The Kier molecular flexibility index (Phi) is 8.10. The fourth-order valence-electron chi connectivity index (χ4n) is 3.69. The van der Waals surface area contributed by atoms with E-state index >= 15 is 0 Å². The average Bonchev–Trinajstić information content (AvgIpc) is 3.12. The predicted molar refractivity (Wildman–Crippen MR) is 143 cm³/mol. The molecule has 0 radical (unpaired) electrons. The summed E-state index contributed by atoms with van der Waals surface area (Å²) < 4.78 is 5.22. The molecule has 0 saturated carbocycles.